The molecule has 0 radical (unpaired) electrons. The summed E-state index contributed by atoms with van der Waals surface area (Å²) < 4.78 is 6.16. The molecule has 0 bridgehead atoms. The van der Waals surface area contributed by atoms with Crippen LogP contribution in [0.1, 0.15) is 235 Å². The summed E-state index contributed by atoms with van der Waals surface area (Å²) in [6.07, 6.45) is 45.3. The van der Waals surface area contributed by atoms with Crippen LogP contribution in [0.3, 0.4) is 0 Å². The topological polar surface area (TPSA) is 26.3 Å². The number of unbranched alkanes of at least 4 members (excludes halogenated alkanes) is 15. The minimum absolute atomic E-state index is 0.0621. The Bertz CT molecular complexity index is 1090. The molecule has 0 aromatic heterocycles. The highest BCUT2D eigenvalue weighted by atomic mass is 16.5. The predicted octanol–water partition coefficient (Wildman–Crippen LogP) is 16.2. The van der Waals surface area contributed by atoms with Crippen LogP contribution in [0, 0.1) is 52.3 Å². The van der Waals surface area contributed by atoms with Gasteiger partial charge in [-0.25, -0.2) is 0 Å². The van der Waals surface area contributed by atoms with Crippen molar-refractivity contribution in [3.05, 3.63) is 23.8 Å². The van der Waals surface area contributed by atoms with E-state index in [1.165, 1.54) is 161 Å². The minimum Gasteiger partial charge on any atom is -0.462 e. The second-order valence-electron chi connectivity index (χ2n) is 20.1. The average Bonchev–Trinajstić information content (AvgIpc) is 3.50. The van der Waals surface area contributed by atoms with Crippen LogP contribution < -0.4 is 0 Å². The maximum absolute atomic E-state index is 12.9. The number of ether oxygens (including phenoxy) is 1. The maximum Gasteiger partial charge on any atom is 0.306 e. The van der Waals surface area contributed by atoms with Crippen molar-refractivity contribution < 1.29 is 9.53 Å². The zero-order valence-electron chi connectivity index (χ0n) is 36.7. The van der Waals surface area contributed by atoms with Gasteiger partial charge in [-0.15, -0.1) is 0 Å². The molecule has 3 fully saturated rings. The lowest BCUT2D eigenvalue weighted by Gasteiger charge is -2.58. The van der Waals surface area contributed by atoms with E-state index in [-0.39, 0.29) is 12.1 Å². The van der Waals surface area contributed by atoms with Gasteiger partial charge in [-0.2, -0.15) is 0 Å². The van der Waals surface area contributed by atoms with Crippen molar-refractivity contribution >= 4 is 5.97 Å². The zero-order valence-corrected chi connectivity index (χ0v) is 36.7. The highest BCUT2D eigenvalue weighted by molar-refractivity contribution is 5.69. The molecule has 0 amide bonds. The van der Waals surface area contributed by atoms with Gasteiger partial charge in [0.15, 0.2) is 0 Å². The molecule has 2 nitrogen and oxygen atoms in total. The third-order valence-corrected chi connectivity index (χ3v) is 16.2. The van der Waals surface area contributed by atoms with E-state index in [1.807, 2.05) is 0 Å². The van der Waals surface area contributed by atoms with Gasteiger partial charge in [-0.05, 0) is 136 Å². The summed E-state index contributed by atoms with van der Waals surface area (Å²) in [5, 5.41) is 0. The van der Waals surface area contributed by atoms with Crippen molar-refractivity contribution in [1.29, 1.82) is 0 Å². The van der Waals surface area contributed by atoms with Crippen LogP contribution in [0.2, 0.25) is 0 Å². The van der Waals surface area contributed by atoms with Crippen molar-refractivity contribution in [2.24, 2.45) is 52.3 Å². The van der Waals surface area contributed by atoms with Crippen LogP contribution >= 0.6 is 0 Å². The van der Waals surface area contributed by atoms with Crippen molar-refractivity contribution in [1.82, 2.24) is 0 Å². The third kappa shape index (κ3) is 13.0. The molecule has 9 unspecified atom stereocenters. The van der Waals surface area contributed by atoms with Crippen LogP contribution in [0.25, 0.3) is 0 Å². The Kier molecular flexibility index (Phi) is 19.6. The monoisotopic (exact) mass is 735 g/mol. The van der Waals surface area contributed by atoms with Crippen molar-refractivity contribution in [3.8, 4) is 0 Å². The first-order valence-electron chi connectivity index (χ1n) is 24.2. The second kappa shape index (κ2) is 23.2. The molecule has 4 aliphatic carbocycles. The van der Waals surface area contributed by atoms with Gasteiger partial charge in [-0.1, -0.05) is 162 Å². The molecule has 0 heterocycles. The number of rotatable bonds is 26. The summed E-state index contributed by atoms with van der Waals surface area (Å²) in [5.74, 6) is 6.16. The third-order valence-electron chi connectivity index (χ3n) is 16.2. The molecule has 53 heavy (non-hydrogen) atoms. The molecule has 9 atom stereocenters. The Labute approximate surface area is 331 Å². The Morgan fingerprint density at radius 3 is 2.00 bits per heavy atom. The van der Waals surface area contributed by atoms with Gasteiger partial charge in [0.1, 0.15) is 6.10 Å². The van der Waals surface area contributed by atoms with Gasteiger partial charge in [0, 0.05) is 12.8 Å². The molecule has 4 rings (SSSR count). The van der Waals surface area contributed by atoms with Crippen LogP contribution in [0.5, 0.6) is 0 Å². The summed E-state index contributed by atoms with van der Waals surface area (Å²) in [7, 11) is 0. The van der Waals surface area contributed by atoms with Crippen molar-refractivity contribution in [3.63, 3.8) is 0 Å². The summed E-state index contributed by atoms with van der Waals surface area (Å²) in [5.41, 5.74) is 2.51. The lowest BCUT2D eigenvalue weighted by molar-refractivity contribution is -0.151. The molecule has 3 saturated carbocycles. The fraction of sp³-hybridized carbons (Fsp3) is 0.902. The lowest BCUT2D eigenvalue weighted by Crippen LogP contribution is -2.51. The smallest absolute Gasteiger partial charge is 0.306 e. The van der Waals surface area contributed by atoms with E-state index in [0.29, 0.717) is 17.3 Å². The fourth-order valence-corrected chi connectivity index (χ4v) is 12.7. The van der Waals surface area contributed by atoms with Gasteiger partial charge in [-0.3, -0.25) is 4.79 Å². The van der Waals surface area contributed by atoms with Crippen LogP contribution in [-0.4, -0.2) is 12.1 Å². The van der Waals surface area contributed by atoms with Gasteiger partial charge >= 0.3 is 5.97 Å². The molecule has 0 N–H and O–H groups in total. The average molecular weight is 735 g/mol. The van der Waals surface area contributed by atoms with Gasteiger partial charge in [0.2, 0.25) is 0 Å². The SMILES string of the molecule is CCCCCCCC/C=C/CCCCCCCCCCCC(=O)OC1CCC2(C)C(=CCC3C2CCC2(C)C(C(C)CCC(CC)C(C)C)CCC32)C1. The normalized spacial score (nSPS) is 30.9. The zero-order chi connectivity index (χ0) is 38.1. The number of carbonyl (C=O) groups is 1. The van der Waals surface area contributed by atoms with Crippen molar-refractivity contribution in [2.75, 3.05) is 0 Å². The number of esters is 1. The molecule has 0 saturated heterocycles. The maximum atomic E-state index is 12.9. The molecule has 306 valence electrons. The summed E-state index contributed by atoms with van der Waals surface area (Å²) in [4.78, 5) is 12.9. The quantitative estimate of drug-likeness (QED) is 0.0502. The Morgan fingerprint density at radius 2 is 1.38 bits per heavy atom. The highest BCUT2D eigenvalue weighted by Gasteiger charge is 2.59. The molecule has 4 aliphatic rings. The van der Waals surface area contributed by atoms with E-state index < -0.39 is 0 Å². The molecule has 0 aromatic rings. The summed E-state index contributed by atoms with van der Waals surface area (Å²) in [6.45, 7) is 17.5. The summed E-state index contributed by atoms with van der Waals surface area (Å²) >= 11 is 0. The van der Waals surface area contributed by atoms with Crippen LogP contribution in [-0.2, 0) is 9.53 Å². The first-order valence-corrected chi connectivity index (χ1v) is 24.2. The number of fused-ring (bicyclic) bond motifs is 5. The second-order valence-corrected chi connectivity index (χ2v) is 20.1. The first kappa shape index (κ1) is 44.7. The van der Waals surface area contributed by atoms with Crippen LogP contribution in [0.15, 0.2) is 23.8 Å². The molecule has 0 spiro atoms. The summed E-state index contributed by atoms with van der Waals surface area (Å²) in [6, 6.07) is 0. The number of carbonyl (C=O) groups excluding carboxylic acids is 1. The number of allylic oxidation sites excluding steroid dienone is 3. The van der Waals surface area contributed by atoms with E-state index in [1.54, 1.807) is 5.57 Å². The molecule has 2 heteroatoms. The van der Waals surface area contributed by atoms with Crippen LogP contribution in [0.4, 0.5) is 0 Å². The van der Waals surface area contributed by atoms with Gasteiger partial charge in [0.25, 0.3) is 0 Å². The fourth-order valence-electron chi connectivity index (χ4n) is 12.7. The van der Waals surface area contributed by atoms with E-state index in [9.17, 15) is 4.79 Å². The first-order chi connectivity index (χ1) is 25.6. The standard InChI is InChI=1S/C51H90O2/c1-8-10-11-12-13-14-15-16-17-18-19-20-21-22-23-24-25-26-27-28-49(52)53-44-35-37-50(6)43(39-44)31-32-45-47-34-33-46(51(47,7)38-36-48(45)50)41(5)29-30-42(9-2)40(3)4/h16-17,31,40-42,44-48H,8-15,18-30,32-39H2,1-7H3/b17-16+. The Hall–Kier alpha value is -1.05. The van der Waals surface area contributed by atoms with E-state index in [0.717, 1.165) is 60.7 Å². The van der Waals surface area contributed by atoms with E-state index in [2.05, 4.69) is 66.7 Å². The largest absolute Gasteiger partial charge is 0.462 e. The molecular weight excluding hydrogens is 645 g/mol. The van der Waals surface area contributed by atoms with Gasteiger partial charge < -0.3 is 4.74 Å². The van der Waals surface area contributed by atoms with Gasteiger partial charge in [0.05, 0.1) is 0 Å². The minimum atomic E-state index is 0.0621. The van der Waals surface area contributed by atoms with E-state index >= 15 is 0 Å². The number of hydrogen-bond acceptors (Lipinski definition) is 2. The Balaban J connectivity index is 1.06. The van der Waals surface area contributed by atoms with E-state index in [4.69, 9.17) is 4.74 Å². The predicted molar refractivity (Wildman–Crippen MR) is 230 cm³/mol. The Morgan fingerprint density at radius 1 is 0.755 bits per heavy atom. The molecular formula is C51H90O2. The molecule has 0 aromatic carbocycles. The van der Waals surface area contributed by atoms with Crippen molar-refractivity contribution in [2.45, 2.75) is 241 Å². The number of hydrogen-bond donors (Lipinski definition) is 0. The lowest BCUT2D eigenvalue weighted by atomic mass is 9.47. The molecule has 0 aliphatic heterocycles. The highest BCUT2D eigenvalue weighted by Crippen LogP contribution is 2.67.